The zero-order valence-corrected chi connectivity index (χ0v) is 19.0. The Balaban J connectivity index is 1.84. The largest absolute Gasteiger partial charge is 0.479 e. The lowest BCUT2D eigenvalue weighted by Crippen LogP contribution is -2.39. The van der Waals surface area contributed by atoms with Crippen molar-refractivity contribution in [2.45, 2.75) is 19.9 Å². The summed E-state index contributed by atoms with van der Waals surface area (Å²) >= 11 is 1.27. The molecule has 2 heterocycles. The molecule has 0 spiro atoms. The van der Waals surface area contributed by atoms with Crippen LogP contribution in [0.1, 0.15) is 31.0 Å². The van der Waals surface area contributed by atoms with Crippen LogP contribution in [0.15, 0.2) is 75.7 Å². The molecule has 8 heteroatoms. The molecule has 33 heavy (non-hydrogen) atoms. The van der Waals surface area contributed by atoms with Crippen LogP contribution >= 0.6 is 11.3 Å². The fourth-order valence-electron chi connectivity index (χ4n) is 3.67. The van der Waals surface area contributed by atoms with Gasteiger partial charge in [0.05, 0.1) is 28.5 Å². The van der Waals surface area contributed by atoms with Crippen molar-refractivity contribution in [2.24, 2.45) is 4.99 Å². The number of esters is 1. The van der Waals surface area contributed by atoms with Gasteiger partial charge < -0.3 is 9.47 Å². The van der Waals surface area contributed by atoms with Crippen LogP contribution in [0, 0.1) is 11.3 Å². The van der Waals surface area contributed by atoms with Crippen LogP contribution in [-0.4, -0.2) is 23.8 Å². The number of carbonyl (C=O) groups is 1. The molecular formula is C25H21N3O4S. The second kappa shape index (κ2) is 9.67. The Kier molecular flexibility index (Phi) is 6.52. The van der Waals surface area contributed by atoms with E-state index in [1.165, 1.54) is 11.3 Å². The Morgan fingerprint density at radius 1 is 1.21 bits per heavy atom. The van der Waals surface area contributed by atoms with Crippen LogP contribution in [0.5, 0.6) is 5.75 Å². The lowest BCUT2D eigenvalue weighted by atomic mass is 9.96. The molecule has 0 saturated carbocycles. The summed E-state index contributed by atoms with van der Waals surface area (Å²) in [6, 6.07) is 17.8. The minimum absolute atomic E-state index is 0.0282. The summed E-state index contributed by atoms with van der Waals surface area (Å²) in [5.41, 5.74) is 2.28. The Hall–Kier alpha value is -3.96. The van der Waals surface area contributed by atoms with E-state index in [0.717, 1.165) is 11.1 Å². The third-order valence-electron chi connectivity index (χ3n) is 5.11. The second-order valence-corrected chi connectivity index (χ2v) is 8.24. The summed E-state index contributed by atoms with van der Waals surface area (Å²) in [7, 11) is 0. The maximum atomic E-state index is 13.5. The molecule has 1 aliphatic rings. The smallest absolute Gasteiger partial charge is 0.338 e. The van der Waals surface area contributed by atoms with E-state index in [1.54, 1.807) is 36.6 Å². The predicted molar refractivity (Wildman–Crippen MR) is 124 cm³/mol. The lowest BCUT2D eigenvalue weighted by molar-refractivity contribution is -0.139. The normalized spacial score (nSPS) is 15.4. The first-order valence-electron chi connectivity index (χ1n) is 10.4. The van der Waals surface area contributed by atoms with Gasteiger partial charge in [-0.15, -0.1) is 0 Å². The number of hydrogen-bond donors (Lipinski definition) is 0. The number of nitriles is 1. The molecule has 0 N–H and O–H groups in total. The number of carbonyl (C=O) groups excluding carboxylic acids is 1. The third-order valence-corrected chi connectivity index (χ3v) is 6.10. The minimum atomic E-state index is -0.620. The van der Waals surface area contributed by atoms with E-state index >= 15 is 0 Å². The van der Waals surface area contributed by atoms with Gasteiger partial charge in [-0.25, -0.2) is 9.79 Å². The van der Waals surface area contributed by atoms with E-state index in [0.29, 0.717) is 26.4 Å². The molecule has 166 valence electrons. The van der Waals surface area contributed by atoms with Crippen molar-refractivity contribution in [1.29, 1.82) is 5.26 Å². The summed E-state index contributed by atoms with van der Waals surface area (Å²) in [6.07, 6.45) is 1.78. The molecule has 4 rings (SSSR count). The van der Waals surface area contributed by atoms with Crippen LogP contribution in [0.4, 0.5) is 0 Å². The van der Waals surface area contributed by atoms with Gasteiger partial charge in [0, 0.05) is 0 Å². The number of hydrogen-bond acceptors (Lipinski definition) is 7. The summed E-state index contributed by atoms with van der Waals surface area (Å²) in [5.74, 6) is 0.101. The van der Waals surface area contributed by atoms with E-state index < -0.39 is 12.0 Å². The number of thiazole rings is 1. The first-order valence-corrected chi connectivity index (χ1v) is 11.2. The van der Waals surface area contributed by atoms with Crippen LogP contribution in [-0.2, 0) is 9.53 Å². The highest BCUT2D eigenvalue weighted by Gasteiger charge is 2.33. The van der Waals surface area contributed by atoms with Crippen molar-refractivity contribution in [3.8, 4) is 11.8 Å². The quantitative estimate of drug-likeness (QED) is 0.529. The number of ether oxygens (including phenoxy) is 2. The molecule has 3 aromatic rings. The number of allylic oxidation sites excluding steroid dienone is 1. The van der Waals surface area contributed by atoms with Crippen molar-refractivity contribution in [3.63, 3.8) is 0 Å². The summed E-state index contributed by atoms with van der Waals surface area (Å²) in [4.78, 5) is 31.4. The molecule has 0 fully saturated rings. The Morgan fingerprint density at radius 3 is 2.61 bits per heavy atom. The van der Waals surface area contributed by atoms with Gasteiger partial charge in [0.25, 0.3) is 5.56 Å². The topological polar surface area (TPSA) is 93.7 Å². The van der Waals surface area contributed by atoms with E-state index in [2.05, 4.69) is 4.99 Å². The standard InChI is InChI=1S/C25H21N3O4S/c1-3-31-24(30)21-16(2)27-25-28(22(21)18-7-5-4-6-8-18)23(29)20(33-25)15-17-9-11-19(12-10-17)32-14-13-26/h4-12,15,22H,3,14H2,1-2H3/b20-15-. The molecule has 0 amide bonds. The highest BCUT2D eigenvalue weighted by atomic mass is 32.1. The van der Waals surface area contributed by atoms with Crippen molar-refractivity contribution < 1.29 is 14.3 Å². The highest BCUT2D eigenvalue weighted by molar-refractivity contribution is 7.07. The third kappa shape index (κ3) is 4.49. The number of benzene rings is 2. The minimum Gasteiger partial charge on any atom is -0.479 e. The lowest BCUT2D eigenvalue weighted by Gasteiger charge is -2.24. The average Bonchev–Trinajstić information content (AvgIpc) is 3.12. The molecule has 1 aromatic heterocycles. The van der Waals surface area contributed by atoms with Crippen molar-refractivity contribution in [3.05, 3.63) is 96.7 Å². The van der Waals surface area contributed by atoms with Crippen LogP contribution in [0.25, 0.3) is 6.08 Å². The molecule has 1 atom stereocenters. The number of fused-ring (bicyclic) bond motifs is 1. The van der Waals surface area contributed by atoms with E-state index in [1.807, 2.05) is 48.5 Å². The van der Waals surface area contributed by atoms with Gasteiger partial charge in [0.1, 0.15) is 11.8 Å². The zero-order valence-electron chi connectivity index (χ0n) is 18.1. The Labute approximate surface area is 194 Å². The van der Waals surface area contributed by atoms with Gasteiger partial charge in [-0.2, -0.15) is 5.26 Å². The van der Waals surface area contributed by atoms with Crippen LogP contribution < -0.4 is 19.6 Å². The average molecular weight is 460 g/mol. The SMILES string of the molecule is CCOC(=O)C1=C(C)N=c2s/c(=C\c3ccc(OCC#N)cc3)c(=O)n2C1c1ccccc1. The zero-order chi connectivity index (χ0) is 23.4. The molecule has 0 radical (unpaired) electrons. The first-order chi connectivity index (χ1) is 16.0. The van der Waals surface area contributed by atoms with Gasteiger partial charge >= 0.3 is 5.97 Å². The van der Waals surface area contributed by atoms with E-state index in [4.69, 9.17) is 14.7 Å². The Morgan fingerprint density at radius 2 is 1.94 bits per heavy atom. The fraction of sp³-hybridized carbons (Fsp3) is 0.200. The second-order valence-electron chi connectivity index (χ2n) is 7.23. The number of rotatable bonds is 6. The van der Waals surface area contributed by atoms with Crippen LogP contribution in [0.2, 0.25) is 0 Å². The fourth-order valence-corrected chi connectivity index (χ4v) is 4.72. The van der Waals surface area contributed by atoms with E-state index in [9.17, 15) is 9.59 Å². The molecule has 0 bridgehead atoms. The van der Waals surface area contributed by atoms with Gasteiger partial charge in [0.2, 0.25) is 0 Å². The van der Waals surface area contributed by atoms with Gasteiger partial charge in [0.15, 0.2) is 11.4 Å². The molecular weight excluding hydrogens is 438 g/mol. The predicted octanol–water partition coefficient (Wildman–Crippen LogP) is 2.70. The molecule has 2 aromatic carbocycles. The molecule has 1 unspecified atom stereocenters. The first kappa shape index (κ1) is 22.2. The molecule has 7 nitrogen and oxygen atoms in total. The van der Waals surface area contributed by atoms with Crippen LogP contribution in [0.3, 0.4) is 0 Å². The van der Waals surface area contributed by atoms with Crippen molar-refractivity contribution in [1.82, 2.24) is 4.57 Å². The van der Waals surface area contributed by atoms with Gasteiger partial charge in [-0.3, -0.25) is 9.36 Å². The number of aromatic nitrogens is 1. The van der Waals surface area contributed by atoms with Crippen molar-refractivity contribution in [2.75, 3.05) is 13.2 Å². The maximum Gasteiger partial charge on any atom is 0.338 e. The molecule has 0 aliphatic carbocycles. The monoisotopic (exact) mass is 459 g/mol. The van der Waals surface area contributed by atoms with Gasteiger partial charge in [-0.05, 0) is 43.2 Å². The molecule has 1 aliphatic heterocycles. The molecule has 0 saturated heterocycles. The van der Waals surface area contributed by atoms with Gasteiger partial charge in [-0.1, -0.05) is 53.8 Å². The summed E-state index contributed by atoms with van der Waals surface area (Å²) in [5, 5.41) is 8.63. The summed E-state index contributed by atoms with van der Waals surface area (Å²) in [6.45, 7) is 3.71. The highest BCUT2D eigenvalue weighted by Crippen LogP contribution is 2.30. The van der Waals surface area contributed by atoms with Crippen molar-refractivity contribution >= 4 is 23.4 Å². The Bertz CT molecular complexity index is 1430. The number of nitrogens with zero attached hydrogens (tertiary/aromatic N) is 3. The van der Waals surface area contributed by atoms with E-state index in [-0.39, 0.29) is 18.8 Å². The summed E-state index contributed by atoms with van der Waals surface area (Å²) < 4.78 is 12.6. The maximum absolute atomic E-state index is 13.5.